The average Bonchev–Trinajstić information content (AvgIpc) is 1.98. The van der Waals surface area contributed by atoms with Gasteiger partial charge in [-0.2, -0.15) is 0 Å². The summed E-state index contributed by atoms with van der Waals surface area (Å²) in [6.45, 7) is 7.82. The van der Waals surface area contributed by atoms with E-state index >= 15 is 0 Å². The van der Waals surface area contributed by atoms with Gasteiger partial charge in [-0.25, -0.2) is 0 Å². The van der Waals surface area contributed by atoms with Crippen LogP contribution >= 0.6 is 0 Å². The highest BCUT2D eigenvalue weighted by Gasteiger charge is 2.15. The maximum absolute atomic E-state index is 11.2. The van der Waals surface area contributed by atoms with Crippen molar-refractivity contribution in [2.45, 2.75) is 52.4 Å². The van der Waals surface area contributed by atoms with Gasteiger partial charge in [0.05, 0.1) is 6.10 Å². The summed E-state index contributed by atoms with van der Waals surface area (Å²) in [4.78, 5) is 11.2. The van der Waals surface area contributed by atoms with E-state index in [2.05, 4.69) is 6.92 Å². The zero-order valence-corrected chi connectivity index (χ0v) is 8.59. The first-order chi connectivity index (χ1) is 5.57. The van der Waals surface area contributed by atoms with Gasteiger partial charge in [0.25, 0.3) is 0 Å². The Bertz CT molecular complexity index is 134. The molecule has 2 nitrogen and oxygen atoms in total. The van der Waals surface area contributed by atoms with Gasteiger partial charge < -0.3 is 4.74 Å². The van der Waals surface area contributed by atoms with E-state index in [4.69, 9.17) is 4.74 Å². The molecule has 0 aromatic rings. The molecule has 1 atom stereocenters. The fourth-order valence-electron chi connectivity index (χ4n) is 0.977. The molecule has 0 aliphatic carbocycles. The van der Waals surface area contributed by atoms with Crippen LogP contribution in [-0.2, 0) is 9.53 Å². The van der Waals surface area contributed by atoms with Crippen molar-refractivity contribution in [3.8, 4) is 0 Å². The summed E-state index contributed by atoms with van der Waals surface area (Å²) < 4.78 is 5.07. The highest BCUT2D eigenvalue weighted by Crippen LogP contribution is 2.08. The van der Waals surface area contributed by atoms with Crippen molar-refractivity contribution >= 4 is 13.2 Å². The average molecular weight is 170 g/mol. The second kappa shape index (κ2) is 6.10. The van der Waals surface area contributed by atoms with Crippen LogP contribution in [0.4, 0.5) is 0 Å². The second-order valence-corrected chi connectivity index (χ2v) is 3.53. The molecule has 0 rings (SSSR count). The van der Waals surface area contributed by atoms with E-state index in [1.54, 1.807) is 0 Å². The van der Waals surface area contributed by atoms with Crippen molar-refractivity contribution in [1.82, 2.24) is 0 Å². The van der Waals surface area contributed by atoms with Crippen molar-refractivity contribution in [1.29, 1.82) is 0 Å². The summed E-state index contributed by atoms with van der Waals surface area (Å²) in [6.07, 6.45) is 2.26. The largest absolute Gasteiger partial charge is 0.463 e. The lowest BCUT2D eigenvalue weighted by Crippen LogP contribution is -2.18. The third-order valence-electron chi connectivity index (χ3n) is 1.74. The quantitative estimate of drug-likeness (QED) is 0.466. The minimum absolute atomic E-state index is 0.0153. The first-order valence-corrected chi connectivity index (χ1v) is 4.78. The zero-order chi connectivity index (χ0) is 9.56. The predicted molar refractivity (Wildman–Crippen MR) is 52.9 cm³/mol. The molecular formula is C9H19BO2. The standard InChI is InChI=1S/C9H19BO2/c1-5-6-10-8(4)9(11)12-7(2)3/h7-8,10H,5-6H2,1-4H3/t8-/m0/s1. The molecule has 0 heterocycles. The Kier molecular flexibility index (Phi) is 5.86. The first kappa shape index (κ1) is 11.5. The lowest BCUT2D eigenvalue weighted by Gasteiger charge is -2.12. The van der Waals surface area contributed by atoms with Crippen LogP contribution in [0, 0.1) is 0 Å². The number of carbonyl (C=O) groups is 1. The van der Waals surface area contributed by atoms with E-state index in [9.17, 15) is 4.79 Å². The molecule has 0 saturated heterocycles. The number of carbonyl (C=O) groups excluding carboxylic acids is 1. The summed E-state index contributed by atoms with van der Waals surface area (Å²) >= 11 is 0. The Labute approximate surface area is 75.9 Å². The lowest BCUT2D eigenvalue weighted by molar-refractivity contribution is -0.146. The Morgan fingerprint density at radius 1 is 1.42 bits per heavy atom. The van der Waals surface area contributed by atoms with Gasteiger partial charge >= 0.3 is 5.97 Å². The maximum atomic E-state index is 11.2. The second-order valence-electron chi connectivity index (χ2n) is 3.53. The highest BCUT2D eigenvalue weighted by atomic mass is 16.5. The normalized spacial score (nSPS) is 12.8. The molecule has 0 bridgehead atoms. The molecule has 0 fully saturated rings. The molecule has 0 spiro atoms. The van der Waals surface area contributed by atoms with Crippen LogP contribution in [0.5, 0.6) is 0 Å². The summed E-state index contributed by atoms with van der Waals surface area (Å²) in [7, 11) is 0.946. The molecule has 0 saturated carbocycles. The number of ether oxygens (including phenoxy) is 1. The Balaban J connectivity index is 3.61. The van der Waals surface area contributed by atoms with Crippen molar-refractivity contribution in [3.63, 3.8) is 0 Å². The molecule has 0 aliphatic rings. The van der Waals surface area contributed by atoms with E-state index < -0.39 is 0 Å². The van der Waals surface area contributed by atoms with E-state index in [1.165, 1.54) is 0 Å². The summed E-state index contributed by atoms with van der Waals surface area (Å²) in [5.41, 5.74) is 0. The molecule has 70 valence electrons. The van der Waals surface area contributed by atoms with Crippen LogP contribution in [0.2, 0.25) is 12.1 Å². The Hall–Kier alpha value is -0.465. The van der Waals surface area contributed by atoms with Crippen LogP contribution in [0.15, 0.2) is 0 Å². The molecule has 0 aromatic carbocycles. The fraction of sp³-hybridized carbons (Fsp3) is 0.889. The minimum atomic E-state index is -0.0570. The van der Waals surface area contributed by atoms with Crippen LogP contribution in [0.25, 0.3) is 0 Å². The van der Waals surface area contributed by atoms with E-state index in [1.807, 2.05) is 20.8 Å². The molecule has 3 heteroatoms. The monoisotopic (exact) mass is 170 g/mol. The van der Waals surface area contributed by atoms with Crippen molar-refractivity contribution < 1.29 is 9.53 Å². The SMILES string of the molecule is CCCB[C@@H](C)C(=O)OC(C)C. The number of rotatable bonds is 5. The Morgan fingerprint density at radius 2 is 2.00 bits per heavy atom. The van der Waals surface area contributed by atoms with Crippen molar-refractivity contribution in [2.75, 3.05) is 0 Å². The smallest absolute Gasteiger partial charge is 0.301 e. The van der Waals surface area contributed by atoms with Crippen LogP contribution < -0.4 is 0 Å². The highest BCUT2D eigenvalue weighted by molar-refractivity contribution is 6.43. The van der Waals surface area contributed by atoms with Gasteiger partial charge in [-0.05, 0) is 13.8 Å². The van der Waals surface area contributed by atoms with Gasteiger partial charge in [0.2, 0.25) is 0 Å². The van der Waals surface area contributed by atoms with Gasteiger partial charge in [0, 0.05) is 5.82 Å². The maximum Gasteiger partial charge on any atom is 0.301 e. The molecule has 0 N–H and O–H groups in total. The molecule has 0 unspecified atom stereocenters. The first-order valence-electron chi connectivity index (χ1n) is 4.78. The Morgan fingerprint density at radius 3 is 2.42 bits per heavy atom. The van der Waals surface area contributed by atoms with Gasteiger partial charge in [0.1, 0.15) is 7.28 Å². The molecule has 12 heavy (non-hydrogen) atoms. The van der Waals surface area contributed by atoms with Gasteiger partial charge in [0.15, 0.2) is 0 Å². The summed E-state index contributed by atoms with van der Waals surface area (Å²) in [6, 6.07) is 0. The minimum Gasteiger partial charge on any atom is -0.463 e. The van der Waals surface area contributed by atoms with Gasteiger partial charge in [-0.1, -0.05) is 26.6 Å². The fourth-order valence-corrected chi connectivity index (χ4v) is 0.977. The van der Waals surface area contributed by atoms with Gasteiger partial charge in [-0.3, -0.25) is 4.79 Å². The van der Waals surface area contributed by atoms with Crippen molar-refractivity contribution in [3.05, 3.63) is 0 Å². The van der Waals surface area contributed by atoms with E-state index in [0.29, 0.717) is 0 Å². The van der Waals surface area contributed by atoms with Crippen LogP contribution in [0.1, 0.15) is 34.1 Å². The number of hydrogen-bond donors (Lipinski definition) is 0. The zero-order valence-electron chi connectivity index (χ0n) is 8.59. The third-order valence-corrected chi connectivity index (χ3v) is 1.74. The number of esters is 1. The third kappa shape index (κ3) is 5.22. The molecule has 0 radical (unpaired) electrons. The van der Waals surface area contributed by atoms with E-state index in [0.717, 1.165) is 20.0 Å². The number of hydrogen-bond acceptors (Lipinski definition) is 2. The molecular weight excluding hydrogens is 151 g/mol. The van der Waals surface area contributed by atoms with Crippen molar-refractivity contribution in [2.24, 2.45) is 0 Å². The predicted octanol–water partition coefficient (Wildman–Crippen LogP) is 2.01. The lowest BCUT2D eigenvalue weighted by atomic mass is 9.62. The van der Waals surface area contributed by atoms with Crippen LogP contribution in [0.3, 0.4) is 0 Å². The van der Waals surface area contributed by atoms with Gasteiger partial charge in [-0.15, -0.1) is 0 Å². The topological polar surface area (TPSA) is 26.3 Å². The van der Waals surface area contributed by atoms with E-state index in [-0.39, 0.29) is 17.9 Å². The molecule has 0 aromatic heterocycles. The van der Waals surface area contributed by atoms with Crippen LogP contribution in [-0.4, -0.2) is 19.4 Å². The summed E-state index contributed by atoms with van der Waals surface area (Å²) in [5, 5.41) is 0. The summed E-state index contributed by atoms with van der Waals surface area (Å²) in [5.74, 6) is 0.00537. The molecule has 0 aliphatic heterocycles. The molecule has 0 amide bonds.